The summed E-state index contributed by atoms with van der Waals surface area (Å²) in [6.07, 6.45) is 0. The average Bonchev–Trinajstić information content (AvgIpc) is 2.61. The second-order valence-corrected chi connectivity index (χ2v) is 6.30. The van der Waals surface area contributed by atoms with Gasteiger partial charge in [0.05, 0.1) is 21.3 Å². The molecule has 23 heavy (non-hydrogen) atoms. The Labute approximate surface area is 144 Å². The van der Waals surface area contributed by atoms with E-state index in [2.05, 4.69) is 33.4 Å². The summed E-state index contributed by atoms with van der Waals surface area (Å²) >= 11 is 3.66. The van der Waals surface area contributed by atoms with Gasteiger partial charge in [-0.25, -0.2) is 0 Å². The zero-order valence-corrected chi connectivity index (χ0v) is 15.1. The molecule has 0 saturated heterocycles. The molecule has 1 N–H and O–H groups in total. The molecule has 1 atom stereocenters. The number of hydrogen-bond acceptors (Lipinski definition) is 4. The van der Waals surface area contributed by atoms with Gasteiger partial charge in [-0.3, -0.25) is 0 Å². The second-order valence-electron chi connectivity index (χ2n) is 5.44. The van der Waals surface area contributed by atoms with Gasteiger partial charge in [0.2, 0.25) is 0 Å². The molecule has 0 bridgehead atoms. The predicted octanol–water partition coefficient (Wildman–Crippen LogP) is 3.71. The first-order valence-electron chi connectivity index (χ1n) is 7.47. The molecule has 3 rings (SSSR count). The molecular weight excluding hydrogens is 358 g/mol. The highest BCUT2D eigenvalue weighted by atomic mass is 79.9. The minimum absolute atomic E-state index is 0.200. The second kappa shape index (κ2) is 6.81. The summed E-state index contributed by atoms with van der Waals surface area (Å²) in [7, 11) is 5.04. The molecule has 0 amide bonds. The standard InChI is InChI=1S/C18H20BrNO3/c1-21-12-6-4-11(5-7-12)13-9-20-10-14-15(19)8-16(22-2)18(23-3)17(13)14/h4-8,13,20H,9-10H2,1-3H3. The molecule has 0 saturated carbocycles. The fourth-order valence-corrected chi connectivity index (χ4v) is 3.70. The van der Waals surface area contributed by atoms with E-state index < -0.39 is 0 Å². The van der Waals surface area contributed by atoms with Gasteiger partial charge in [-0.1, -0.05) is 28.1 Å². The van der Waals surface area contributed by atoms with Crippen LogP contribution >= 0.6 is 15.9 Å². The lowest BCUT2D eigenvalue weighted by molar-refractivity contribution is 0.347. The van der Waals surface area contributed by atoms with Gasteiger partial charge in [0.25, 0.3) is 0 Å². The minimum Gasteiger partial charge on any atom is -0.497 e. The number of benzene rings is 2. The van der Waals surface area contributed by atoms with Crippen molar-refractivity contribution in [3.63, 3.8) is 0 Å². The molecule has 5 heteroatoms. The Morgan fingerprint density at radius 3 is 2.39 bits per heavy atom. The number of rotatable bonds is 4. The fraction of sp³-hybridized carbons (Fsp3) is 0.333. The van der Waals surface area contributed by atoms with Crippen molar-refractivity contribution in [3.05, 3.63) is 51.5 Å². The van der Waals surface area contributed by atoms with Crippen molar-refractivity contribution in [2.45, 2.75) is 12.5 Å². The summed E-state index contributed by atoms with van der Waals surface area (Å²) in [5, 5.41) is 3.49. The lowest BCUT2D eigenvalue weighted by atomic mass is 9.84. The van der Waals surface area contributed by atoms with Crippen LogP contribution in [0.3, 0.4) is 0 Å². The third kappa shape index (κ3) is 2.91. The van der Waals surface area contributed by atoms with Crippen LogP contribution in [-0.2, 0) is 6.54 Å². The van der Waals surface area contributed by atoms with E-state index in [9.17, 15) is 0 Å². The summed E-state index contributed by atoms with van der Waals surface area (Å²) in [4.78, 5) is 0. The zero-order valence-electron chi connectivity index (χ0n) is 13.5. The average molecular weight is 378 g/mol. The number of halogens is 1. The highest BCUT2D eigenvalue weighted by Gasteiger charge is 2.29. The minimum atomic E-state index is 0.200. The predicted molar refractivity (Wildman–Crippen MR) is 93.8 cm³/mol. The third-order valence-corrected chi connectivity index (χ3v) is 4.99. The van der Waals surface area contributed by atoms with E-state index in [-0.39, 0.29) is 5.92 Å². The van der Waals surface area contributed by atoms with Crippen LogP contribution in [-0.4, -0.2) is 27.9 Å². The zero-order chi connectivity index (χ0) is 16.4. The van der Waals surface area contributed by atoms with Crippen LogP contribution in [0.4, 0.5) is 0 Å². The van der Waals surface area contributed by atoms with Crippen molar-refractivity contribution in [1.29, 1.82) is 0 Å². The van der Waals surface area contributed by atoms with Crippen LogP contribution in [0.1, 0.15) is 22.6 Å². The van der Waals surface area contributed by atoms with Crippen LogP contribution in [0.5, 0.6) is 17.2 Å². The summed E-state index contributed by atoms with van der Waals surface area (Å²) < 4.78 is 17.5. The molecule has 2 aromatic rings. The van der Waals surface area contributed by atoms with E-state index in [0.29, 0.717) is 0 Å². The number of fused-ring (bicyclic) bond motifs is 1. The van der Waals surface area contributed by atoms with Gasteiger partial charge in [-0.05, 0) is 29.3 Å². The van der Waals surface area contributed by atoms with Gasteiger partial charge < -0.3 is 19.5 Å². The molecule has 1 heterocycles. The number of methoxy groups -OCH3 is 3. The van der Waals surface area contributed by atoms with Gasteiger partial charge in [-0.15, -0.1) is 0 Å². The topological polar surface area (TPSA) is 39.7 Å². The van der Waals surface area contributed by atoms with Crippen molar-refractivity contribution in [1.82, 2.24) is 5.32 Å². The van der Waals surface area contributed by atoms with Gasteiger partial charge >= 0.3 is 0 Å². The van der Waals surface area contributed by atoms with Crippen LogP contribution in [0.15, 0.2) is 34.8 Å². The maximum absolute atomic E-state index is 5.69. The number of nitrogens with one attached hydrogen (secondary N) is 1. The molecule has 122 valence electrons. The Hall–Kier alpha value is -1.72. The van der Waals surface area contributed by atoms with Crippen molar-refractivity contribution in [3.8, 4) is 17.2 Å². The first-order chi connectivity index (χ1) is 11.2. The molecule has 0 aliphatic carbocycles. The maximum atomic E-state index is 5.69. The van der Waals surface area contributed by atoms with Crippen molar-refractivity contribution < 1.29 is 14.2 Å². The van der Waals surface area contributed by atoms with Gasteiger partial charge in [0.15, 0.2) is 11.5 Å². The molecular formula is C18H20BrNO3. The Morgan fingerprint density at radius 1 is 1.04 bits per heavy atom. The summed E-state index contributed by atoms with van der Waals surface area (Å²) in [6, 6.07) is 10.2. The summed E-state index contributed by atoms with van der Waals surface area (Å²) in [5.74, 6) is 2.62. The Bertz CT molecular complexity index is 700. The monoisotopic (exact) mass is 377 g/mol. The van der Waals surface area contributed by atoms with Crippen LogP contribution in [0.2, 0.25) is 0 Å². The Morgan fingerprint density at radius 2 is 1.78 bits per heavy atom. The van der Waals surface area contributed by atoms with E-state index in [4.69, 9.17) is 14.2 Å². The molecule has 0 spiro atoms. The normalized spacial score (nSPS) is 16.6. The molecule has 1 aliphatic heterocycles. The van der Waals surface area contributed by atoms with E-state index in [1.54, 1.807) is 21.3 Å². The molecule has 0 fully saturated rings. The highest BCUT2D eigenvalue weighted by Crippen LogP contribution is 2.45. The molecule has 1 aliphatic rings. The highest BCUT2D eigenvalue weighted by molar-refractivity contribution is 9.10. The maximum Gasteiger partial charge on any atom is 0.164 e. The van der Waals surface area contributed by atoms with Crippen molar-refractivity contribution in [2.24, 2.45) is 0 Å². The smallest absolute Gasteiger partial charge is 0.164 e. The Balaban J connectivity index is 2.14. The van der Waals surface area contributed by atoms with Gasteiger partial charge in [0.1, 0.15) is 5.75 Å². The number of ether oxygens (including phenoxy) is 3. The molecule has 0 radical (unpaired) electrons. The SMILES string of the molecule is COc1ccc(C2CNCc3c(Br)cc(OC)c(OC)c32)cc1. The van der Waals surface area contributed by atoms with Crippen LogP contribution in [0, 0.1) is 0 Å². The van der Waals surface area contributed by atoms with Crippen molar-refractivity contribution in [2.75, 3.05) is 27.9 Å². The fourth-order valence-electron chi connectivity index (χ4n) is 3.14. The van der Waals surface area contributed by atoms with E-state index >= 15 is 0 Å². The van der Waals surface area contributed by atoms with E-state index in [0.717, 1.165) is 34.8 Å². The third-order valence-electron chi connectivity index (χ3n) is 4.28. The van der Waals surface area contributed by atoms with Crippen LogP contribution < -0.4 is 19.5 Å². The molecule has 4 nitrogen and oxygen atoms in total. The van der Waals surface area contributed by atoms with E-state index in [1.807, 2.05) is 18.2 Å². The van der Waals surface area contributed by atoms with Crippen molar-refractivity contribution >= 4 is 15.9 Å². The first-order valence-corrected chi connectivity index (χ1v) is 8.26. The summed E-state index contributed by atoms with van der Waals surface area (Å²) in [6.45, 7) is 1.66. The number of hydrogen-bond donors (Lipinski definition) is 1. The lowest BCUT2D eigenvalue weighted by Crippen LogP contribution is -2.29. The summed E-state index contributed by atoms with van der Waals surface area (Å²) in [5.41, 5.74) is 3.62. The lowest BCUT2D eigenvalue weighted by Gasteiger charge is -2.30. The van der Waals surface area contributed by atoms with E-state index in [1.165, 1.54) is 16.7 Å². The van der Waals surface area contributed by atoms with Gasteiger partial charge in [0, 0.05) is 29.0 Å². The molecule has 1 unspecified atom stereocenters. The largest absolute Gasteiger partial charge is 0.497 e. The van der Waals surface area contributed by atoms with Gasteiger partial charge in [-0.2, -0.15) is 0 Å². The van der Waals surface area contributed by atoms with Crippen LogP contribution in [0.25, 0.3) is 0 Å². The molecule has 2 aromatic carbocycles. The quantitative estimate of drug-likeness (QED) is 0.881. The Kier molecular flexibility index (Phi) is 4.78. The first kappa shape index (κ1) is 16.1. The molecule has 0 aromatic heterocycles.